The molecule has 9 heteroatoms. The average molecular weight is 416 g/mol. The van der Waals surface area contributed by atoms with Crippen LogP contribution in [-0.2, 0) is 12.7 Å². The molecule has 3 aromatic rings. The van der Waals surface area contributed by atoms with Crippen LogP contribution < -0.4 is 10.1 Å². The fraction of sp³-hybridized carbons (Fsp3) is 0.316. The van der Waals surface area contributed by atoms with E-state index >= 15 is 0 Å². The monoisotopic (exact) mass is 415 g/mol. The largest absolute Gasteiger partial charge is 0.490 e. The zero-order valence-electron chi connectivity index (χ0n) is 14.6. The summed E-state index contributed by atoms with van der Waals surface area (Å²) in [6, 6.07) is 6.90. The highest BCUT2D eigenvalue weighted by atomic mass is 35.5. The molecule has 0 spiro atoms. The topological polar surface area (TPSA) is 38.6 Å². The van der Waals surface area contributed by atoms with Crippen LogP contribution >= 0.6 is 12.4 Å². The molecule has 1 aliphatic rings. The average Bonchev–Trinajstić information content (AvgIpc) is 3.06. The van der Waals surface area contributed by atoms with Gasteiger partial charge in [0, 0.05) is 36.7 Å². The molecule has 1 N–H and O–H groups in total. The molecule has 1 aliphatic carbocycles. The van der Waals surface area contributed by atoms with E-state index in [1.54, 1.807) is 6.20 Å². The maximum atomic E-state index is 13.3. The number of benzene rings is 1. The van der Waals surface area contributed by atoms with E-state index in [2.05, 4.69) is 10.3 Å². The molecule has 1 saturated carbocycles. The highest BCUT2D eigenvalue weighted by molar-refractivity contribution is 5.85. The molecule has 28 heavy (non-hydrogen) atoms. The Labute approximate surface area is 164 Å². The number of alkyl halides is 3. The van der Waals surface area contributed by atoms with Crippen molar-refractivity contribution in [1.82, 2.24) is 14.7 Å². The molecule has 0 amide bonds. The second kappa shape index (κ2) is 7.97. The van der Waals surface area contributed by atoms with Crippen LogP contribution in [0.3, 0.4) is 0 Å². The Balaban J connectivity index is 0.00000225. The van der Waals surface area contributed by atoms with Crippen molar-refractivity contribution >= 4 is 18.1 Å². The van der Waals surface area contributed by atoms with Gasteiger partial charge in [0.2, 0.25) is 0 Å². The summed E-state index contributed by atoms with van der Waals surface area (Å²) in [5, 5.41) is 3.40. The molecular formula is C19H18ClF4N3O. The van der Waals surface area contributed by atoms with E-state index in [1.807, 2.05) is 28.9 Å². The summed E-state index contributed by atoms with van der Waals surface area (Å²) in [5.41, 5.74) is 0.658. The Hall–Kier alpha value is -2.32. The second-order valence-corrected chi connectivity index (χ2v) is 6.62. The molecule has 0 aliphatic heterocycles. The minimum Gasteiger partial charge on any atom is -0.490 e. The Bertz CT molecular complexity index is 954. The molecule has 2 heterocycles. The smallest absolute Gasteiger partial charge is 0.419 e. The van der Waals surface area contributed by atoms with Gasteiger partial charge >= 0.3 is 6.18 Å². The Morgan fingerprint density at radius 3 is 2.71 bits per heavy atom. The van der Waals surface area contributed by atoms with Crippen molar-refractivity contribution in [2.24, 2.45) is 0 Å². The zero-order valence-corrected chi connectivity index (χ0v) is 15.4. The molecule has 0 atom stereocenters. The summed E-state index contributed by atoms with van der Waals surface area (Å²) in [6.07, 6.45) is 1.98. The first-order valence-electron chi connectivity index (χ1n) is 8.57. The lowest BCUT2D eigenvalue weighted by molar-refractivity contribution is -0.140. The Morgan fingerprint density at radius 1 is 1.18 bits per heavy atom. The fourth-order valence-corrected chi connectivity index (χ4v) is 3.22. The van der Waals surface area contributed by atoms with Gasteiger partial charge < -0.3 is 14.5 Å². The van der Waals surface area contributed by atoms with Crippen molar-refractivity contribution in [2.75, 3.05) is 0 Å². The summed E-state index contributed by atoms with van der Waals surface area (Å²) >= 11 is 0. The lowest BCUT2D eigenvalue weighted by Crippen LogP contribution is -2.46. The van der Waals surface area contributed by atoms with E-state index in [4.69, 9.17) is 4.74 Å². The number of nitrogens with zero attached hydrogens (tertiary/aromatic N) is 2. The van der Waals surface area contributed by atoms with Crippen molar-refractivity contribution in [2.45, 2.75) is 37.7 Å². The van der Waals surface area contributed by atoms with Crippen molar-refractivity contribution in [3.63, 3.8) is 0 Å². The first-order chi connectivity index (χ1) is 12.9. The summed E-state index contributed by atoms with van der Waals surface area (Å²) in [4.78, 5) is 4.32. The molecule has 4 rings (SSSR count). The van der Waals surface area contributed by atoms with Gasteiger partial charge in [-0.15, -0.1) is 12.4 Å². The van der Waals surface area contributed by atoms with Gasteiger partial charge in [0.1, 0.15) is 23.3 Å². The van der Waals surface area contributed by atoms with E-state index in [1.165, 1.54) is 6.07 Å². The van der Waals surface area contributed by atoms with E-state index in [0.717, 1.165) is 23.3 Å². The minimum atomic E-state index is -4.74. The number of pyridine rings is 1. The van der Waals surface area contributed by atoms with Gasteiger partial charge in [0.05, 0.1) is 5.56 Å². The maximum Gasteiger partial charge on any atom is 0.419 e. The van der Waals surface area contributed by atoms with Crippen LogP contribution in [0, 0.1) is 5.82 Å². The number of aromatic nitrogens is 2. The lowest BCUT2D eigenvalue weighted by atomic mass is 9.89. The molecule has 0 bridgehead atoms. The molecule has 0 saturated heterocycles. The van der Waals surface area contributed by atoms with Crippen LogP contribution in [0.4, 0.5) is 17.6 Å². The predicted octanol–water partition coefficient (Wildman–Crippen LogP) is 4.61. The van der Waals surface area contributed by atoms with Crippen LogP contribution in [0.1, 0.15) is 24.0 Å². The molecule has 2 aromatic heterocycles. The molecule has 1 aromatic carbocycles. The van der Waals surface area contributed by atoms with Gasteiger partial charge in [-0.2, -0.15) is 13.2 Å². The molecule has 150 valence electrons. The number of hydrogen-bond donors (Lipinski definition) is 1. The zero-order chi connectivity index (χ0) is 19.0. The number of fused-ring (bicyclic) bond motifs is 1. The first-order valence-corrected chi connectivity index (χ1v) is 8.57. The Kier molecular flexibility index (Phi) is 5.81. The molecule has 0 radical (unpaired) electrons. The molecular weight excluding hydrogens is 398 g/mol. The molecule has 0 unspecified atom stereocenters. The van der Waals surface area contributed by atoms with Crippen LogP contribution in [0.2, 0.25) is 0 Å². The van der Waals surface area contributed by atoms with Crippen LogP contribution in [-0.4, -0.2) is 21.5 Å². The second-order valence-electron chi connectivity index (χ2n) is 6.62. The number of imidazole rings is 1. The van der Waals surface area contributed by atoms with Gasteiger partial charge in [-0.1, -0.05) is 6.07 Å². The third-order valence-corrected chi connectivity index (χ3v) is 4.72. The maximum absolute atomic E-state index is 13.3. The van der Waals surface area contributed by atoms with Gasteiger partial charge in [-0.3, -0.25) is 0 Å². The van der Waals surface area contributed by atoms with Crippen molar-refractivity contribution in [1.29, 1.82) is 0 Å². The summed E-state index contributed by atoms with van der Waals surface area (Å²) in [6.45, 7) is 0.646. The number of ether oxygens (including phenoxy) is 1. The fourth-order valence-electron chi connectivity index (χ4n) is 3.22. The summed E-state index contributed by atoms with van der Waals surface area (Å²) < 4.78 is 59.1. The molecule has 4 nitrogen and oxygen atoms in total. The van der Waals surface area contributed by atoms with Gasteiger partial charge in [-0.25, -0.2) is 9.37 Å². The van der Waals surface area contributed by atoms with Gasteiger partial charge in [-0.05, 0) is 37.1 Å². The normalized spacial score (nSPS) is 19.1. The molecule has 1 fully saturated rings. The highest BCUT2D eigenvalue weighted by Gasteiger charge is 2.35. The summed E-state index contributed by atoms with van der Waals surface area (Å²) in [7, 11) is 0. The number of hydrogen-bond acceptors (Lipinski definition) is 3. The standard InChI is InChI=1S/C19H17F4N3O.ClH/c20-17-4-3-14(10-16(17)19(21,22)23)27-15-8-13(9-15)25-11-12-2-1-6-26-7-5-24-18(12)26;/h1-7,10,13,15,25H,8-9,11H2;1H. The SMILES string of the molecule is Cl.Fc1ccc(OC2CC(NCc3cccn4ccnc34)C2)cc1C(F)(F)F. The summed E-state index contributed by atoms with van der Waals surface area (Å²) in [5.74, 6) is -1.26. The van der Waals surface area contributed by atoms with E-state index in [-0.39, 0.29) is 30.3 Å². The van der Waals surface area contributed by atoms with E-state index in [0.29, 0.717) is 19.4 Å². The quantitative estimate of drug-likeness (QED) is 0.618. The van der Waals surface area contributed by atoms with Crippen molar-refractivity contribution in [3.05, 3.63) is 65.9 Å². The first kappa shape index (κ1) is 20.4. The predicted molar refractivity (Wildman–Crippen MR) is 98.1 cm³/mol. The van der Waals surface area contributed by atoms with Gasteiger partial charge in [0.25, 0.3) is 0 Å². The van der Waals surface area contributed by atoms with Gasteiger partial charge in [0.15, 0.2) is 0 Å². The highest BCUT2D eigenvalue weighted by Crippen LogP contribution is 2.35. The Morgan fingerprint density at radius 2 is 1.96 bits per heavy atom. The van der Waals surface area contributed by atoms with E-state index < -0.39 is 17.6 Å². The minimum absolute atomic E-state index is 0. The van der Waals surface area contributed by atoms with Crippen LogP contribution in [0.5, 0.6) is 5.75 Å². The third kappa shape index (κ3) is 4.23. The third-order valence-electron chi connectivity index (χ3n) is 4.72. The lowest BCUT2D eigenvalue weighted by Gasteiger charge is -2.36. The van der Waals surface area contributed by atoms with Crippen molar-refractivity contribution in [3.8, 4) is 5.75 Å². The van der Waals surface area contributed by atoms with Crippen LogP contribution in [0.15, 0.2) is 48.9 Å². The number of halogens is 5. The van der Waals surface area contributed by atoms with E-state index in [9.17, 15) is 17.6 Å². The van der Waals surface area contributed by atoms with Crippen LogP contribution in [0.25, 0.3) is 5.65 Å². The number of rotatable bonds is 5. The van der Waals surface area contributed by atoms with Crippen molar-refractivity contribution < 1.29 is 22.3 Å². The number of nitrogens with one attached hydrogen (secondary N) is 1.